The summed E-state index contributed by atoms with van der Waals surface area (Å²) in [7, 11) is 0. The molecule has 3 heteroatoms. The molecule has 2 aromatic carbocycles. The van der Waals surface area contributed by atoms with Crippen LogP contribution in [0.5, 0.6) is 0 Å². The number of nitrogens with zero attached hydrogens (tertiary/aromatic N) is 1. The molecule has 0 bridgehead atoms. The van der Waals surface area contributed by atoms with Crippen molar-refractivity contribution in [3.63, 3.8) is 0 Å². The summed E-state index contributed by atoms with van der Waals surface area (Å²) in [6, 6.07) is 15.3. The highest BCUT2D eigenvalue weighted by Crippen LogP contribution is 2.35. The predicted molar refractivity (Wildman–Crippen MR) is 84.9 cm³/mol. The summed E-state index contributed by atoms with van der Waals surface area (Å²) in [6.07, 6.45) is 1.10. The zero-order valence-electron chi connectivity index (χ0n) is 12.3. The second-order valence-corrected chi connectivity index (χ2v) is 5.89. The maximum atomic E-state index is 13.2. The molecule has 2 aromatic rings. The fraction of sp³-hybridized carbons (Fsp3) is 0.333. The molecule has 0 saturated carbocycles. The highest BCUT2D eigenvalue weighted by Gasteiger charge is 2.27. The molecule has 0 aliphatic carbocycles. The van der Waals surface area contributed by atoms with Gasteiger partial charge < -0.3 is 10.6 Å². The molecule has 0 amide bonds. The van der Waals surface area contributed by atoms with Gasteiger partial charge in [0.15, 0.2) is 0 Å². The number of hydrogen-bond donors (Lipinski definition) is 1. The van der Waals surface area contributed by atoms with Gasteiger partial charge in [-0.2, -0.15) is 0 Å². The van der Waals surface area contributed by atoms with Crippen LogP contribution < -0.4 is 10.6 Å². The number of para-hydroxylation sites is 1. The van der Waals surface area contributed by atoms with Crippen LogP contribution in [0.1, 0.15) is 24.1 Å². The van der Waals surface area contributed by atoms with E-state index in [2.05, 4.69) is 36.1 Å². The summed E-state index contributed by atoms with van der Waals surface area (Å²) in [5.41, 5.74) is 9.74. The summed E-state index contributed by atoms with van der Waals surface area (Å²) >= 11 is 0. The lowest BCUT2D eigenvalue weighted by atomic mass is 9.91. The third kappa shape index (κ3) is 2.79. The van der Waals surface area contributed by atoms with Gasteiger partial charge in [-0.15, -0.1) is 0 Å². The largest absolute Gasteiger partial charge is 0.363 e. The van der Waals surface area contributed by atoms with Crippen LogP contribution in [-0.4, -0.2) is 13.1 Å². The van der Waals surface area contributed by atoms with E-state index in [0.717, 1.165) is 18.5 Å². The lowest BCUT2D eigenvalue weighted by Crippen LogP contribution is -2.40. The van der Waals surface area contributed by atoms with E-state index < -0.39 is 0 Å². The molecule has 0 aromatic heterocycles. The molecular weight excluding hydrogens is 263 g/mol. The Kier molecular flexibility index (Phi) is 3.93. The van der Waals surface area contributed by atoms with Gasteiger partial charge in [-0.3, -0.25) is 0 Å². The normalized spacial score (nSPS) is 19.2. The van der Waals surface area contributed by atoms with Crippen molar-refractivity contribution in [3.05, 3.63) is 65.5 Å². The topological polar surface area (TPSA) is 29.3 Å². The molecule has 1 aliphatic rings. The first-order valence-electron chi connectivity index (χ1n) is 7.49. The standard InChI is InChI=1S/C18H21FN2/c1-13-10-15-4-2-3-5-17(15)21(12-13)18(11-20)14-6-8-16(19)9-7-14/h2-9,13,18H,10-12,20H2,1H3. The molecule has 2 N–H and O–H groups in total. The van der Waals surface area contributed by atoms with Gasteiger partial charge in [0, 0.05) is 18.8 Å². The van der Waals surface area contributed by atoms with Gasteiger partial charge in [-0.25, -0.2) is 4.39 Å². The maximum Gasteiger partial charge on any atom is 0.123 e. The third-order valence-electron chi connectivity index (χ3n) is 4.23. The molecule has 1 heterocycles. The molecule has 0 saturated heterocycles. The van der Waals surface area contributed by atoms with Crippen LogP contribution in [-0.2, 0) is 6.42 Å². The minimum absolute atomic E-state index is 0.0921. The summed E-state index contributed by atoms with van der Waals surface area (Å²) in [6.45, 7) is 3.77. The Bertz CT molecular complexity index is 609. The van der Waals surface area contributed by atoms with E-state index in [1.807, 2.05) is 12.1 Å². The molecule has 2 atom stereocenters. The van der Waals surface area contributed by atoms with Crippen LogP contribution in [0, 0.1) is 11.7 Å². The van der Waals surface area contributed by atoms with Crippen LogP contribution in [0.3, 0.4) is 0 Å². The number of benzene rings is 2. The average molecular weight is 284 g/mol. The summed E-state index contributed by atoms with van der Waals surface area (Å²) < 4.78 is 13.2. The van der Waals surface area contributed by atoms with Gasteiger partial charge in [0.25, 0.3) is 0 Å². The Hall–Kier alpha value is -1.87. The molecule has 21 heavy (non-hydrogen) atoms. The first kappa shape index (κ1) is 14.1. The van der Waals surface area contributed by atoms with E-state index in [9.17, 15) is 4.39 Å². The molecule has 0 spiro atoms. The van der Waals surface area contributed by atoms with Gasteiger partial charge in [-0.1, -0.05) is 37.3 Å². The Balaban J connectivity index is 1.99. The smallest absolute Gasteiger partial charge is 0.123 e. The van der Waals surface area contributed by atoms with E-state index in [-0.39, 0.29) is 11.9 Å². The highest BCUT2D eigenvalue weighted by molar-refractivity contribution is 5.57. The second kappa shape index (κ2) is 5.86. The van der Waals surface area contributed by atoms with Gasteiger partial charge in [0.05, 0.1) is 6.04 Å². The van der Waals surface area contributed by atoms with Gasteiger partial charge in [0.1, 0.15) is 5.82 Å². The average Bonchev–Trinajstić information content (AvgIpc) is 2.49. The summed E-state index contributed by atoms with van der Waals surface area (Å²) in [5, 5.41) is 0. The first-order valence-corrected chi connectivity index (χ1v) is 7.49. The van der Waals surface area contributed by atoms with E-state index in [0.29, 0.717) is 12.5 Å². The zero-order valence-corrected chi connectivity index (χ0v) is 12.3. The molecule has 1 aliphatic heterocycles. The fourth-order valence-corrected chi connectivity index (χ4v) is 3.26. The number of nitrogens with two attached hydrogens (primary N) is 1. The predicted octanol–water partition coefficient (Wildman–Crippen LogP) is 3.52. The van der Waals surface area contributed by atoms with Crippen molar-refractivity contribution >= 4 is 5.69 Å². The fourth-order valence-electron chi connectivity index (χ4n) is 3.26. The van der Waals surface area contributed by atoms with Crippen molar-refractivity contribution in [2.24, 2.45) is 11.7 Å². The molecule has 2 nitrogen and oxygen atoms in total. The summed E-state index contributed by atoms with van der Waals surface area (Å²) in [5.74, 6) is 0.385. The third-order valence-corrected chi connectivity index (χ3v) is 4.23. The zero-order chi connectivity index (χ0) is 14.8. The van der Waals surface area contributed by atoms with Crippen molar-refractivity contribution in [3.8, 4) is 0 Å². The number of halogens is 1. The molecule has 3 rings (SSSR count). The van der Waals surface area contributed by atoms with E-state index >= 15 is 0 Å². The van der Waals surface area contributed by atoms with Crippen LogP contribution in [0.2, 0.25) is 0 Å². The highest BCUT2D eigenvalue weighted by atomic mass is 19.1. The van der Waals surface area contributed by atoms with E-state index in [1.165, 1.54) is 23.4 Å². The Morgan fingerprint density at radius 1 is 1.19 bits per heavy atom. The van der Waals surface area contributed by atoms with E-state index in [1.54, 1.807) is 0 Å². The van der Waals surface area contributed by atoms with Crippen LogP contribution >= 0.6 is 0 Å². The Morgan fingerprint density at radius 2 is 1.90 bits per heavy atom. The number of anilines is 1. The van der Waals surface area contributed by atoms with Gasteiger partial charge in [-0.05, 0) is 41.7 Å². The second-order valence-electron chi connectivity index (χ2n) is 5.89. The monoisotopic (exact) mass is 284 g/mol. The minimum atomic E-state index is -0.207. The number of hydrogen-bond acceptors (Lipinski definition) is 2. The number of fused-ring (bicyclic) bond motifs is 1. The molecule has 110 valence electrons. The lowest BCUT2D eigenvalue weighted by Gasteiger charge is -2.40. The maximum absolute atomic E-state index is 13.2. The van der Waals surface area contributed by atoms with Crippen LogP contribution in [0.4, 0.5) is 10.1 Å². The Labute approximate surface area is 125 Å². The lowest BCUT2D eigenvalue weighted by molar-refractivity contribution is 0.489. The quantitative estimate of drug-likeness (QED) is 0.934. The SMILES string of the molecule is CC1Cc2ccccc2N(C(CN)c2ccc(F)cc2)C1. The van der Waals surface area contributed by atoms with Gasteiger partial charge in [0.2, 0.25) is 0 Å². The molecule has 0 radical (unpaired) electrons. The first-order chi connectivity index (χ1) is 10.2. The van der Waals surface area contributed by atoms with Crippen LogP contribution in [0.15, 0.2) is 48.5 Å². The number of rotatable bonds is 3. The molecular formula is C18H21FN2. The van der Waals surface area contributed by atoms with Crippen molar-refractivity contribution in [1.82, 2.24) is 0 Å². The minimum Gasteiger partial charge on any atom is -0.363 e. The van der Waals surface area contributed by atoms with E-state index in [4.69, 9.17) is 5.73 Å². The van der Waals surface area contributed by atoms with Crippen molar-refractivity contribution in [1.29, 1.82) is 0 Å². The molecule has 2 unspecified atom stereocenters. The van der Waals surface area contributed by atoms with Crippen LogP contribution in [0.25, 0.3) is 0 Å². The van der Waals surface area contributed by atoms with Gasteiger partial charge >= 0.3 is 0 Å². The Morgan fingerprint density at radius 3 is 2.62 bits per heavy atom. The molecule has 0 fully saturated rings. The van der Waals surface area contributed by atoms with Crippen molar-refractivity contribution in [2.75, 3.05) is 18.0 Å². The van der Waals surface area contributed by atoms with Crippen molar-refractivity contribution < 1.29 is 4.39 Å². The summed E-state index contributed by atoms with van der Waals surface area (Å²) in [4.78, 5) is 2.37. The van der Waals surface area contributed by atoms with Crippen molar-refractivity contribution in [2.45, 2.75) is 19.4 Å².